The zero-order valence-electron chi connectivity index (χ0n) is 12.9. The van der Waals surface area contributed by atoms with Gasteiger partial charge in [0, 0.05) is 12.2 Å². The number of hydrogen-bond donors (Lipinski definition) is 2. The van der Waals surface area contributed by atoms with Crippen LogP contribution in [0.3, 0.4) is 0 Å². The second kappa shape index (κ2) is 8.02. The Bertz CT molecular complexity index is 612. The molecule has 0 saturated heterocycles. The molecule has 0 spiro atoms. The summed E-state index contributed by atoms with van der Waals surface area (Å²) in [6.45, 7) is 2.59. The first kappa shape index (κ1) is 15.8. The maximum atomic E-state index is 11.8. The lowest BCUT2D eigenvalue weighted by molar-refractivity contribution is 0.252. The van der Waals surface area contributed by atoms with Gasteiger partial charge in [0.1, 0.15) is 11.6 Å². The molecule has 0 fully saturated rings. The van der Waals surface area contributed by atoms with Crippen LogP contribution >= 0.6 is 0 Å². The SMILES string of the molecule is CCc1cccc(NC(=O)NCCc2ccc(OC)cc2)n1. The smallest absolute Gasteiger partial charge is 0.320 e. The van der Waals surface area contributed by atoms with Crippen molar-refractivity contribution in [3.8, 4) is 5.75 Å². The number of nitrogens with zero attached hydrogens (tertiary/aromatic N) is 1. The van der Waals surface area contributed by atoms with Crippen molar-refractivity contribution in [2.45, 2.75) is 19.8 Å². The van der Waals surface area contributed by atoms with Crippen molar-refractivity contribution in [2.75, 3.05) is 19.0 Å². The van der Waals surface area contributed by atoms with Crippen LogP contribution in [0.25, 0.3) is 0 Å². The van der Waals surface area contributed by atoms with E-state index >= 15 is 0 Å². The summed E-state index contributed by atoms with van der Waals surface area (Å²) in [5.41, 5.74) is 2.10. The fraction of sp³-hybridized carbons (Fsp3) is 0.294. The van der Waals surface area contributed by atoms with Crippen LogP contribution in [-0.4, -0.2) is 24.7 Å². The lowest BCUT2D eigenvalue weighted by atomic mass is 10.1. The summed E-state index contributed by atoms with van der Waals surface area (Å²) in [5, 5.41) is 5.56. The lowest BCUT2D eigenvalue weighted by Crippen LogP contribution is -2.30. The van der Waals surface area contributed by atoms with Crippen molar-refractivity contribution in [1.82, 2.24) is 10.3 Å². The predicted molar refractivity (Wildman–Crippen MR) is 87.3 cm³/mol. The number of pyridine rings is 1. The topological polar surface area (TPSA) is 63.2 Å². The number of rotatable bonds is 6. The highest BCUT2D eigenvalue weighted by molar-refractivity contribution is 5.88. The molecule has 0 radical (unpaired) electrons. The van der Waals surface area contributed by atoms with Crippen LogP contribution in [0.2, 0.25) is 0 Å². The summed E-state index contributed by atoms with van der Waals surface area (Å²) in [6, 6.07) is 13.2. The van der Waals surface area contributed by atoms with Crippen molar-refractivity contribution < 1.29 is 9.53 Å². The molecule has 0 saturated carbocycles. The Morgan fingerprint density at radius 3 is 2.64 bits per heavy atom. The molecule has 2 aromatic rings. The highest BCUT2D eigenvalue weighted by Crippen LogP contribution is 2.11. The third-order valence-corrected chi connectivity index (χ3v) is 3.27. The van der Waals surface area contributed by atoms with Gasteiger partial charge >= 0.3 is 6.03 Å². The molecule has 5 nitrogen and oxygen atoms in total. The van der Waals surface area contributed by atoms with Gasteiger partial charge in [0.2, 0.25) is 0 Å². The number of hydrogen-bond acceptors (Lipinski definition) is 3. The Hall–Kier alpha value is -2.56. The summed E-state index contributed by atoms with van der Waals surface area (Å²) in [5.74, 6) is 1.40. The highest BCUT2D eigenvalue weighted by atomic mass is 16.5. The van der Waals surface area contributed by atoms with E-state index in [0.29, 0.717) is 12.4 Å². The third-order valence-electron chi connectivity index (χ3n) is 3.27. The Balaban J connectivity index is 1.77. The van der Waals surface area contributed by atoms with Gasteiger partial charge in [-0.1, -0.05) is 25.1 Å². The van der Waals surface area contributed by atoms with E-state index in [-0.39, 0.29) is 6.03 Å². The van der Waals surface area contributed by atoms with Gasteiger partial charge in [-0.05, 0) is 42.7 Å². The molecule has 116 valence electrons. The van der Waals surface area contributed by atoms with Gasteiger partial charge in [-0.3, -0.25) is 5.32 Å². The van der Waals surface area contributed by atoms with Crippen LogP contribution in [0.1, 0.15) is 18.2 Å². The van der Waals surface area contributed by atoms with E-state index in [9.17, 15) is 4.79 Å². The number of ether oxygens (including phenoxy) is 1. The van der Waals surface area contributed by atoms with Gasteiger partial charge in [-0.25, -0.2) is 9.78 Å². The molecule has 0 bridgehead atoms. The van der Waals surface area contributed by atoms with Gasteiger partial charge in [-0.15, -0.1) is 0 Å². The number of urea groups is 1. The van der Waals surface area contributed by atoms with Crippen LogP contribution in [-0.2, 0) is 12.8 Å². The van der Waals surface area contributed by atoms with E-state index < -0.39 is 0 Å². The van der Waals surface area contributed by atoms with Crippen molar-refractivity contribution in [2.24, 2.45) is 0 Å². The first-order valence-electron chi connectivity index (χ1n) is 7.35. The van der Waals surface area contributed by atoms with E-state index in [4.69, 9.17) is 4.74 Å². The summed E-state index contributed by atoms with van der Waals surface area (Å²) in [7, 11) is 1.64. The standard InChI is InChI=1S/C17H21N3O2/c1-3-14-5-4-6-16(19-14)20-17(21)18-12-11-13-7-9-15(22-2)10-8-13/h4-10H,3,11-12H2,1-2H3,(H2,18,19,20,21). The van der Waals surface area contributed by atoms with Gasteiger partial charge < -0.3 is 10.1 Å². The maximum Gasteiger partial charge on any atom is 0.320 e. The number of carbonyl (C=O) groups excluding carboxylic acids is 1. The summed E-state index contributed by atoms with van der Waals surface area (Å²) >= 11 is 0. The Labute approximate surface area is 130 Å². The number of nitrogens with one attached hydrogen (secondary N) is 2. The second-order valence-corrected chi connectivity index (χ2v) is 4.85. The Kier molecular flexibility index (Phi) is 5.77. The number of benzene rings is 1. The minimum Gasteiger partial charge on any atom is -0.497 e. The predicted octanol–water partition coefficient (Wildman–Crippen LogP) is 3.02. The molecule has 1 aromatic carbocycles. The molecular weight excluding hydrogens is 278 g/mol. The van der Waals surface area contributed by atoms with E-state index in [1.165, 1.54) is 0 Å². The van der Waals surface area contributed by atoms with Crippen LogP contribution in [0, 0.1) is 0 Å². The summed E-state index contributed by atoms with van der Waals surface area (Å²) in [4.78, 5) is 16.2. The number of aryl methyl sites for hydroxylation is 1. The van der Waals surface area contributed by atoms with Crippen LogP contribution in [0.4, 0.5) is 10.6 Å². The molecule has 2 N–H and O–H groups in total. The fourth-order valence-corrected chi connectivity index (χ4v) is 2.02. The van der Waals surface area contributed by atoms with Crippen molar-refractivity contribution in [1.29, 1.82) is 0 Å². The maximum absolute atomic E-state index is 11.8. The van der Waals surface area contributed by atoms with Crippen molar-refractivity contribution >= 4 is 11.8 Å². The molecule has 0 unspecified atom stereocenters. The van der Waals surface area contributed by atoms with E-state index in [0.717, 1.165) is 29.8 Å². The normalized spacial score (nSPS) is 10.1. The summed E-state index contributed by atoms with van der Waals surface area (Å²) in [6.07, 6.45) is 1.61. The number of amides is 2. The number of carbonyl (C=O) groups is 1. The quantitative estimate of drug-likeness (QED) is 0.862. The minimum atomic E-state index is -0.241. The second-order valence-electron chi connectivity index (χ2n) is 4.85. The average Bonchev–Trinajstić information content (AvgIpc) is 2.55. The molecule has 1 heterocycles. The van der Waals surface area contributed by atoms with Crippen molar-refractivity contribution in [3.05, 3.63) is 53.7 Å². The van der Waals surface area contributed by atoms with Gasteiger partial charge in [0.25, 0.3) is 0 Å². The van der Waals surface area contributed by atoms with Crippen molar-refractivity contribution in [3.63, 3.8) is 0 Å². The largest absolute Gasteiger partial charge is 0.497 e. The molecule has 1 aromatic heterocycles. The number of aromatic nitrogens is 1. The molecule has 0 atom stereocenters. The molecule has 2 rings (SSSR count). The van der Waals surface area contributed by atoms with E-state index in [1.54, 1.807) is 13.2 Å². The first-order valence-corrected chi connectivity index (χ1v) is 7.35. The Morgan fingerprint density at radius 1 is 1.18 bits per heavy atom. The minimum absolute atomic E-state index is 0.241. The zero-order valence-corrected chi connectivity index (χ0v) is 12.9. The first-order chi connectivity index (χ1) is 10.7. The number of methoxy groups -OCH3 is 1. The fourth-order valence-electron chi connectivity index (χ4n) is 2.02. The van der Waals surface area contributed by atoms with Crippen LogP contribution in [0.5, 0.6) is 5.75 Å². The molecule has 0 aliphatic heterocycles. The molecule has 2 amide bonds. The molecule has 0 aliphatic carbocycles. The lowest BCUT2D eigenvalue weighted by Gasteiger charge is -2.08. The molecule has 0 aliphatic rings. The molecule has 22 heavy (non-hydrogen) atoms. The van der Waals surface area contributed by atoms with Gasteiger partial charge in [0.15, 0.2) is 0 Å². The van der Waals surface area contributed by atoms with Crippen LogP contribution in [0.15, 0.2) is 42.5 Å². The van der Waals surface area contributed by atoms with E-state index in [2.05, 4.69) is 15.6 Å². The zero-order chi connectivity index (χ0) is 15.8. The Morgan fingerprint density at radius 2 is 1.95 bits per heavy atom. The average molecular weight is 299 g/mol. The third kappa shape index (κ3) is 4.77. The monoisotopic (exact) mass is 299 g/mol. The number of anilines is 1. The summed E-state index contributed by atoms with van der Waals surface area (Å²) < 4.78 is 5.11. The highest BCUT2D eigenvalue weighted by Gasteiger charge is 2.03. The molecule has 5 heteroatoms. The molecular formula is C17H21N3O2. The van der Waals surface area contributed by atoms with Gasteiger partial charge in [0.05, 0.1) is 7.11 Å². The van der Waals surface area contributed by atoms with Crippen LogP contribution < -0.4 is 15.4 Å². The van der Waals surface area contributed by atoms with Gasteiger partial charge in [-0.2, -0.15) is 0 Å². The van der Waals surface area contributed by atoms with E-state index in [1.807, 2.05) is 43.3 Å².